The molecule has 10 heteroatoms. The van der Waals surface area contributed by atoms with Gasteiger partial charge in [-0.15, -0.1) is 0 Å². The normalized spacial score (nSPS) is 30.9. The lowest BCUT2D eigenvalue weighted by atomic mass is 9.43. The first-order chi connectivity index (χ1) is 26.5. The quantitative estimate of drug-likeness (QED) is 0.0848. The van der Waals surface area contributed by atoms with Gasteiger partial charge in [0.1, 0.15) is 23.0 Å². The molecular weight excluding hydrogens is 737 g/mol. The lowest BCUT2D eigenvalue weighted by Crippen LogP contribution is -2.55. The van der Waals surface area contributed by atoms with Crippen LogP contribution >= 0.6 is 7.52 Å². The molecule has 57 heavy (non-hydrogen) atoms. The Balaban J connectivity index is 1.36. The smallest absolute Gasteiger partial charge is 0.424 e. The molecule has 1 unspecified atom stereocenters. The highest BCUT2D eigenvalue weighted by Gasteiger charge is 2.63. The van der Waals surface area contributed by atoms with Gasteiger partial charge >= 0.3 is 25.2 Å². The van der Waals surface area contributed by atoms with Crippen LogP contribution in [0, 0.1) is 39.4 Å². The summed E-state index contributed by atoms with van der Waals surface area (Å²) >= 11 is 0. The van der Waals surface area contributed by atoms with E-state index in [0.29, 0.717) is 17.3 Å². The van der Waals surface area contributed by atoms with Crippen molar-refractivity contribution in [1.29, 1.82) is 0 Å². The van der Waals surface area contributed by atoms with Gasteiger partial charge in [0.25, 0.3) is 0 Å². The van der Waals surface area contributed by atoms with Gasteiger partial charge in [-0.05, 0) is 159 Å². The van der Waals surface area contributed by atoms with Crippen molar-refractivity contribution in [1.82, 2.24) is 5.09 Å². The number of benzene rings is 1. The highest BCUT2D eigenvalue weighted by Crippen LogP contribution is 2.72. The fraction of sp³-hybridized carbons (Fsp3) is 0.723. The summed E-state index contributed by atoms with van der Waals surface area (Å²) in [6, 6.07) is 6.30. The second-order valence-electron chi connectivity index (χ2n) is 20.0. The van der Waals surface area contributed by atoms with Crippen molar-refractivity contribution >= 4 is 25.2 Å². The van der Waals surface area contributed by atoms with Gasteiger partial charge in [-0.2, -0.15) is 0 Å². The Bertz CT molecular complexity index is 1810. The standard InChI is InChI=1S/C47H72NO8P/c1-14-53-42(51)57(52,48-44(9,10)41(50)54-31(4)5)56-37-21-16-15-20-33(37)40(49)55-39-26-27-45(11)35-25-29-46(12)34(32(6)19-17-18-30(2)3)24-28-47(46,13)36(35)22-23-38(45)43(39,7)8/h15-16,18,20-21,31-32,34,38-39H,14,17,19,22-29H2,1-13H3,(H,48,52)/t32-,34-,38+,39+,45-,46-,47+,57?/m1/s1. The van der Waals surface area contributed by atoms with Gasteiger partial charge in [-0.1, -0.05) is 76.5 Å². The summed E-state index contributed by atoms with van der Waals surface area (Å²) in [6.07, 6.45) is 12.8. The molecule has 0 spiro atoms. The summed E-state index contributed by atoms with van der Waals surface area (Å²) < 4.78 is 37.1. The molecule has 5 rings (SSSR count). The third kappa shape index (κ3) is 8.45. The van der Waals surface area contributed by atoms with Crippen molar-refractivity contribution in [3.63, 3.8) is 0 Å². The minimum absolute atomic E-state index is 0.0277. The van der Waals surface area contributed by atoms with Crippen LogP contribution in [0.25, 0.3) is 0 Å². The van der Waals surface area contributed by atoms with E-state index in [4.69, 9.17) is 18.7 Å². The number of rotatable bonds is 14. The predicted molar refractivity (Wildman–Crippen MR) is 226 cm³/mol. The van der Waals surface area contributed by atoms with Gasteiger partial charge in [-0.25, -0.2) is 19.2 Å². The van der Waals surface area contributed by atoms with Crippen LogP contribution in [0.1, 0.15) is 165 Å². The fourth-order valence-corrected chi connectivity index (χ4v) is 13.6. The van der Waals surface area contributed by atoms with Crippen molar-refractivity contribution in [3.8, 4) is 5.75 Å². The van der Waals surface area contributed by atoms with Crippen molar-refractivity contribution in [2.45, 2.75) is 172 Å². The first kappa shape index (κ1) is 45.2. The summed E-state index contributed by atoms with van der Waals surface area (Å²) in [6.45, 7) is 26.9. The number of nitrogens with one attached hydrogen (secondary N) is 1. The van der Waals surface area contributed by atoms with E-state index in [1.165, 1.54) is 57.6 Å². The highest BCUT2D eigenvalue weighted by atomic mass is 31.2. The maximum absolute atomic E-state index is 14.3. The molecular formula is C47H72NO8P. The molecule has 2 saturated carbocycles. The van der Waals surface area contributed by atoms with Crippen molar-refractivity contribution < 1.29 is 37.7 Å². The molecule has 4 aliphatic carbocycles. The van der Waals surface area contributed by atoms with Crippen molar-refractivity contribution in [3.05, 3.63) is 52.6 Å². The minimum Gasteiger partial charge on any atom is -0.462 e. The second-order valence-corrected chi connectivity index (χ2v) is 21.9. The molecule has 0 saturated heterocycles. The molecule has 8 atom stereocenters. The van der Waals surface area contributed by atoms with E-state index in [9.17, 15) is 18.9 Å². The number of carbonyl (C=O) groups excluding carboxylic acids is 3. The van der Waals surface area contributed by atoms with Crippen molar-refractivity contribution in [2.75, 3.05) is 6.61 Å². The van der Waals surface area contributed by atoms with Crippen LogP contribution in [-0.4, -0.2) is 42.0 Å². The Labute approximate surface area is 343 Å². The van der Waals surface area contributed by atoms with Gasteiger partial charge in [0, 0.05) is 5.41 Å². The molecule has 0 radical (unpaired) electrons. The van der Waals surface area contributed by atoms with E-state index < -0.39 is 36.8 Å². The van der Waals surface area contributed by atoms with E-state index >= 15 is 0 Å². The van der Waals surface area contributed by atoms with Crippen molar-refractivity contribution in [2.24, 2.45) is 39.4 Å². The average molecular weight is 810 g/mol. The molecule has 9 nitrogen and oxygen atoms in total. The molecule has 1 aromatic carbocycles. The molecule has 0 bridgehead atoms. The molecule has 0 heterocycles. The number of ether oxygens (including phenoxy) is 3. The van der Waals surface area contributed by atoms with Crippen LogP contribution < -0.4 is 9.61 Å². The molecule has 4 aliphatic rings. The number of esters is 2. The van der Waals surface area contributed by atoms with E-state index in [2.05, 4.69) is 66.6 Å². The second kappa shape index (κ2) is 16.6. The van der Waals surface area contributed by atoms with Gasteiger partial charge in [0.15, 0.2) is 0 Å². The van der Waals surface area contributed by atoms with E-state index in [-0.39, 0.29) is 40.3 Å². The number of fused-ring (bicyclic) bond motifs is 4. The van der Waals surface area contributed by atoms with E-state index in [1.54, 1.807) is 50.1 Å². The zero-order valence-electron chi connectivity index (χ0n) is 37.3. The van der Waals surface area contributed by atoms with Gasteiger partial charge in [-0.3, -0.25) is 4.79 Å². The maximum Gasteiger partial charge on any atom is 0.424 e. The van der Waals surface area contributed by atoms with Gasteiger partial charge in [0.2, 0.25) is 0 Å². The summed E-state index contributed by atoms with van der Waals surface area (Å²) in [4.78, 5) is 40.3. The third-order valence-corrected chi connectivity index (χ3v) is 16.9. The zero-order chi connectivity index (χ0) is 42.4. The Morgan fingerprint density at radius 3 is 2.28 bits per heavy atom. The fourth-order valence-electron chi connectivity index (χ4n) is 11.8. The predicted octanol–water partition coefficient (Wildman–Crippen LogP) is 12.4. The third-order valence-electron chi connectivity index (χ3n) is 15.0. The largest absolute Gasteiger partial charge is 0.462 e. The number of para-hydroxylation sites is 1. The monoisotopic (exact) mass is 809 g/mol. The summed E-state index contributed by atoms with van der Waals surface area (Å²) in [5.41, 5.74) is 2.34. The molecule has 0 aliphatic heterocycles. The Morgan fingerprint density at radius 1 is 0.947 bits per heavy atom. The van der Waals surface area contributed by atoms with Crippen LogP contribution in [0.3, 0.4) is 0 Å². The number of hydrogen-bond donors (Lipinski definition) is 1. The SMILES string of the molecule is CCOC(=O)P(=O)(NC(C)(C)C(=O)OC(C)C)Oc1ccccc1C(=O)O[C@H]1CC[C@]2(C)C3=C(CC[C@H]2C1(C)C)[C@]1(C)CC[C@H]([C@H](C)CCC=C(C)C)[C@@]1(C)CC3. The molecule has 0 amide bonds. The number of allylic oxidation sites excluding steroid dienone is 4. The summed E-state index contributed by atoms with van der Waals surface area (Å²) in [5, 5.41) is 2.59. The molecule has 318 valence electrons. The van der Waals surface area contributed by atoms with E-state index in [0.717, 1.165) is 38.0 Å². The Hall–Kier alpha value is -2.90. The van der Waals surface area contributed by atoms with Gasteiger partial charge < -0.3 is 18.7 Å². The zero-order valence-corrected chi connectivity index (χ0v) is 38.2. The summed E-state index contributed by atoms with van der Waals surface area (Å²) in [5.74, 6) is 0.324. The van der Waals surface area contributed by atoms with Gasteiger partial charge in [0.05, 0.1) is 12.7 Å². The first-order valence-electron chi connectivity index (χ1n) is 21.6. The van der Waals surface area contributed by atoms with E-state index in [1.807, 2.05) is 0 Å². The van der Waals surface area contributed by atoms with Crippen LogP contribution in [0.2, 0.25) is 0 Å². The molecule has 2 fully saturated rings. The highest BCUT2D eigenvalue weighted by molar-refractivity contribution is 7.74. The minimum atomic E-state index is -4.61. The Kier molecular flexibility index (Phi) is 13.2. The number of hydrogen-bond acceptors (Lipinski definition) is 8. The van der Waals surface area contributed by atoms with Crippen LogP contribution in [-0.2, 0) is 23.6 Å². The number of carbonyl (C=O) groups is 3. The lowest BCUT2D eigenvalue weighted by Gasteiger charge is -2.62. The average Bonchev–Trinajstić information content (AvgIpc) is 3.40. The summed E-state index contributed by atoms with van der Waals surface area (Å²) in [7, 11) is -4.61. The lowest BCUT2D eigenvalue weighted by molar-refractivity contribution is -0.153. The van der Waals surface area contributed by atoms with Crippen LogP contribution in [0.4, 0.5) is 4.79 Å². The topological polar surface area (TPSA) is 117 Å². The first-order valence-corrected chi connectivity index (χ1v) is 23.2. The molecule has 1 aromatic rings. The van der Waals surface area contributed by atoms with Crippen LogP contribution in [0.15, 0.2) is 47.1 Å². The molecule has 0 aromatic heterocycles. The van der Waals surface area contributed by atoms with Crippen LogP contribution in [0.5, 0.6) is 5.75 Å². The maximum atomic E-state index is 14.3. The molecule has 1 N–H and O–H groups in total. The Morgan fingerprint density at radius 2 is 1.63 bits per heavy atom.